The normalized spacial score (nSPS) is 11.2. The maximum atomic E-state index is 11.0. The molecule has 4 heteroatoms. The first-order valence-electron chi connectivity index (χ1n) is 6.33. The van der Waals surface area contributed by atoms with E-state index < -0.39 is 11.9 Å². The number of carboxylic acid groups (broad SMARTS) is 2. The van der Waals surface area contributed by atoms with Crippen LogP contribution in [0.4, 0.5) is 0 Å². The van der Waals surface area contributed by atoms with E-state index >= 15 is 0 Å². The van der Waals surface area contributed by atoms with Crippen LogP contribution in [0.2, 0.25) is 0 Å². The average Bonchev–Trinajstić information content (AvgIpc) is 2.48. The molecule has 0 aromatic heterocycles. The third-order valence-electron chi connectivity index (χ3n) is 3.07. The Morgan fingerprint density at radius 1 is 0.952 bits per heavy atom. The fourth-order valence-electron chi connectivity index (χ4n) is 1.92. The van der Waals surface area contributed by atoms with Gasteiger partial charge in [0.1, 0.15) is 0 Å². The predicted molar refractivity (Wildman–Crippen MR) is 80.1 cm³/mol. The Bertz CT molecular complexity index is 712. The molecule has 2 N–H and O–H groups in total. The minimum Gasteiger partial charge on any atom is -0.478 e. The molecule has 0 amide bonds. The second-order valence-electron chi connectivity index (χ2n) is 4.64. The Morgan fingerprint density at radius 3 is 2.19 bits per heavy atom. The fourth-order valence-corrected chi connectivity index (χ4v) is 1.92. The van der Waals surface area contributed by atoms with Gasteiger partial charge in [0.05, 0.1) is 5.56 Å². The lowest BCUT2D eigenvalue weighted by Gasteiger charge is -2.04. The molecule has 0 heterocycles. The summed E-state index contributed by atoms with van der Waals surface area (Å²) in [5.74, 6) is -1.92. The van der Waals surface area contributed by atoms with Crippen molar-refractivity contribution in [3.8, 4) is 11.1 Å². The average molecular weight is 282 g/mol. The van der Waals surface area contributed by atoms with Crippen molar-refractivity contribution in [2.45, 2.75) is 6.92 Å². The molecule has 106 valence electrons. The van der Waals surface area contributed by atoms with Crippen molar-refractivity contribution in [2.24, 2.45) is 0 Å². The molecule has 0 aliphatic heterocycles. The van der Waals surface area contributed by atoms with Crippen LogP contribution in [0.15, 0.2) is 54.1 Å². The predicted octanol–water partition coefficient (Wildman–Crippen LogP) is 3.54. The van der Waals surface area contributed by atoms with Gasteiger partial charge >= 0.3 is 11.9 Å². The minimum atomic E-state index is -0.964. The van der Waals surface area contributed by atoms with Gasteiger partial charge in [-0.1, -0.05) is 36.4 Å². The van der Waals surface area contributed by atoms with Gasteiger partial charge in [-0.3, -0.25) is 0 Å². The minimum absolute atomic E-state index is 0.234. The van der Waals surface area contributed by atoms with Gasteiger partial charge < -0.3 is 10.2 Å². The summed E-state index contributed by atoms with van der Waals surface area (Å²) in [4.78, 5) is 21.7. The van der Waals surface area contributed by atoms with Crippen LogP contribution in [0.5, 0.6) is 0 Å². The molecule has 2 aromatic carbocycles. The number of aromatic carboxylic acids is 1. The zero-order valence-corrected chi connectivity index (χ0v) is 11.4. The lowest BCUT2D eigenvalue weighted by Crippen LogP contribution is -1.96. The molecule has 0 bridgehead atoms. The molecule has 0 aliphatic carbocycles. The molecule has 2 rings (SSSR count). The van der Waals surface area contributed by atoms with Gasteiger partial charge in [0.2, 0.25) is 0 Å². The zero-order valence-electron chi connectivity index (χ0n) is 11.4. The van der Waals surface area contributed by atoms with Crippen LogP contribution in [-0.2, 0) is 4.79 Å². The van der Waals surface area contributed by atoms with Crippen molar-refractivity contribution in [1.82, 2.24) is 0 Å². The summed E-state index contributed by atoms with van der Waals surface area (Å²) in [5, 5.41) is 17.8. The molecule has 0 fully saturated rings. The van der Waals surface area contributed by atoms with Gasteiger partial charge in [-0.05, 0) is 41.8 Å². The Kier molecular flexibility index (Phi) is 4.18. The summed E-state index contributed by atoms with van der Waals surface area (Å²) in [7, 11) is 0. The lowest BCUT2D eigenvalue weighted by atomic mass is 10.0. The second kappa shape index (κ2) is 6.05. The topological polar surface area (TPSA) is 74.6 Å². The summed E-state index contributed by atoms with van der Waals surface area (Å²) < 4.78 is 0. The Balaban J connectivity index is 2.31. The van der Waals surface area contributed by atoms with Gasteiger partial charge in [-0.2, -0.15) is 0 Å². The highest BCUT2D eigenvalue weighted by Gasteiger charge is 2.05. The molecule has 0 saturated heterocycles. The third kappa shape index (κ3) is 3.57. The lowest BCUT2D eigenvalue weighted by molar-refractivity contribution is -0.132. The van der Waals surface area contributed by atoms with E-state index in [2.05, 4.69) is 0 Å². The van der Waals surface area contributed by atoms with E-state index in [4.69, 9.17) is 10.2 Å². The fraction of sp³-hybridized carbons (Fsp3) is 0.0588. The summed E-state index contributed by atoms with van der Waals surface area (Å²) >= 11 is 0. The van der Waals surface area contributed by atoms with Gasteiger partial charge in [0.25, 0.3) is 0 Å². The summed E-state index contributed by atoms with van der Waals surface area (Å²) in [5.41, 5.74) is 2.96. The maximum Gasteiger partial charge on any atom is 0.335 e. The second-order valence-corrected chi connectivity index (χ2v) is 4.64. The number of rotatable bonds is 4. The van der Waals surface area contributed by atoms with Crippen LogP contribution >= 0.6 is 0 Å². The van der Waals surface area contributed by atoms with Gasteiger partial charge in [-0.25, -0.2) is 9.59 Å². The van der Waals surface area contributed by atoms with Crippen LogP contribution in [0.25, 0.3) is 17.2 Å². The number of aliphatic carboxylic acids is 1. The first-order valence-corrected chi connectivity index (χ1v) is 6.33. The third-order valence-corrected chi connectivity index (χ3v) is 3.07. The Labute approximate surface area is 122 Å². The maximum absolute atomic E-state index is 11.0. The summed E-state index contributed by atoms with van der Waals surface area (Å²) in [6.45, 7) is 1.53. The van der Waals surface area contributed by atoms with Gasteiger partial charge in [-0.15, -0.1) is 0 Å². The first-order chi connectivity index (χ1) is 9.97. The molecular weight excluding hydrogens is 268 g/mol. The highest BCUT2D eigenvalue weighted by molar-refractivity contribution is 5.91. The van der Waals surface area contributed by atoms with E-state index in [0.717, 1.165) is 16.7 Å². The molecule has 0 unspecified atom stereocenters. The van der Waals surface area contributed by atoms with Crippen molar-refractivity contribution in [2.75, 3.05) is 0 Å². The molecule has 0 spiro atoms. The van der Waals surface area contributed by atoms with Gasteiger partial charge in [0, 0.05) is 5.57 Å². The first kappa shape index (κ1) is 14.5. The van der Waals surface area contributed by atoms with E-state index in [-0.39, 0.29) is 11.1 Å². The molecule has 21 heavy (non-hydrogen) atoms. The van der Waals surface area contributed by atoms with Crippen LogP contribution in [-0.4, -0.2) is 22.2 Å². The van der Waals surface area contributed by atoms with E-state index in [9.17, 15) is 9.59 Å². The van der Waals surface area contributed by atoms with E-state index in [1.54, 1.807) is 36.4 Å². The number of benzene rings is 2. The quantitative estimate of drug-likeness (QED) is 0.841. The smallest absolute Gasteiger partial charge is 0.335 e. The van der Waals surface area contributed by atoms with E-state index in [1.807, 2.05) is 18.2 Å². The molecule has 2 aromatic rings. The number of hydrogen-bond donors (Lipinski definition) is 2. The summed E-state index contributed by atoms with van der Waals surface area (Å²) in [6, 6.07) is 13.9. The van der Waals surface area contributed by atoms with E-state index in [0.29, 0.717) is 0 Å². The number of carbonyl (C=O) groups is 2. The van der Waals surface area contributed by atoms with Crippen molar-refractivity contribution < 1.29 is 19.8 Å². The molecule has 0 saturated carbocycles. The molecule has 4 nitrogen and oxygen atoms in total. The SMILES string of the molecule is C/C(=C\c1ccc(-c2cccc(C(=O)O)c2)cc1)C(=O)O. The number of hydrogen-bond acceptors (Lipinski definition) is 2. The van der Waals surface area contributed by atoms with Crippen LogP contribution in [0.3, 0.4) is 0 Å². The molecule has 0 aliphatic rings. The number of carboxylic acids is 2. The molecule has 0 radical (unpaired) electrons. The highest BCUT2D eigenvalue weighted by atomic mass is 16.4. The Morgan fingerprint density at radius 2 is 1.62 bits per heavy atom. The van der Waals surface area contributed by atoms with Gasteiger partial charge in [0.15, 0.2) is 0 Å². The Hall–Kier alpha value is -2.88. The van der Waals surface area contributed by atoms with Crippen LogP contribution in [0, 0.1) is 0 Å². The molecule has 0 atom stereocenters. The van der Waals surface area contributed by atoms with Crippen molar-refractivity contribution in [1.29, 1.82) is 0 Å². The molecular formula is C17H14O4. The largest absolute Gasteiger partial charge is 0.478 e. The van der Waals surface area contributed by atoms with Crippen molar-refractivity contribution >= 4 is 18.0 Å². The highest BCUT2D eigenvalue weighted by Crippen LogP contribution is 2.21. The standard InChI is InChI=1S/C17H14O4/c1-11(16(18)19)9-12-5-7-13(8-6-12)14-3-2-4-15(10-14)17(20)21/h2-10H,1H3,(H,18,19)(H,20,21)/b11-9+. The monoisotopic (exact) mass is 282 g/mol. The zero-order chi connectivity index (χ0) is 15.4. The van der Waals surface area contributed by atoms with Crippen molar-refractivity contribution in [3.63, 3.8) is 0 Å². The van der Waals surface area contributed by atoms with Crippen LogP contribution in [0.1, 0.15) is 22.8 Å². The van der Waals surface area contributed by atoms with Crippen LogP contribution < -0.4 is 0 Å². The van der Waals surface area contributed by atoms with Crippen molar-refractivity contribution in [3.05, 3.63) is 65.2 Å². The summed E-state index contributed by atoms with van der Waals surface area (Å²) in [6.07, 6.45) is 1.58. The van der Waals surface area contributed by atoms with E-state index in [1.165, 1.54) is 6.92 Å².